The Morgan fingerprint density at radius 2 is 2.05 bits per heavy atom. The number of hydrogen-bond donors (Lipinski definition) is 1. The highest BCUT2D eigenvalue weighted by Gasteiger charge is 2.11. The number of aryl methyl sites for hydroxylation is 1. The SMILES string of the molecule is Cc1cccc(CNC(=O)Cc2noc3ccccc23)c1. The van der Waals surface area contributed by atoms with Gasteiger partial charge in [0.2, 0.25) is 5.91 Å². The number of carbonyl (C=O) groups excluding carboxylic acids is 1. The number of nitrogens with zero attached hydrogens (tertiary/aromatic N) is 1. The summed E-state index contributed by atoms with van der Waals surface area (Å²) in [6.07, 6.45) is 0.225. The zero-order valence-corrected chi connectivity index (χ0v) is 11.8. The third kappa shape index (κ3) is 3.11. The molecule has 1 N–H and O–H groups in total. The van der Waals surface area contributed by atoms with Crippen molar-refractivity contribution in [2.45, 2.75) is 19.9 Å². The van der Waals surface area contributed by atoms with Crippen LogP contribution < -0.4 is 5.32 Å². The lowest BCUT2D eigenvalue weighted by Crippen LogP contribution is -2.24. The monoisotopic (exact) mass is 280 g/mol. The van der Waals surface area contributed by atoms with Crippen LogP contribution in [0, 0.1) is 6.92 Å². The zero-order valence-electron chi connectivity index (χ0n) is 11.8. The predicted octanol–water partition coefficient (Wildman–Crippen LogP) is 3.00. The third-order valence-electron chi connectivity index (χ3n) is 3.35. The number of benzene rings is 2. The lowest BCUT2D eigenvalue weighted by atomic mass is 10.1. The smallest absolute Gasteiger partial charge is 0.226 e. The van der Waals surface area contributed by atoms with Crippen molar-refractivity contribution >= 4 is 16.9 Å². The molecular formula is C17H16N2O2. The first kappa shape index (κ1) is 13.4. The second kappa shape index (κ2) is 5.79. The summed E-state index contributed by atoms with van der Waals surface area (Å²) in [6, 6.07) is 15.6. The number of carbonyl (C=O) groups is 1. The molecule has 0 bridgehead atoms. The number of fused-ring (bicyclic) bond motifs is 1. The van der Waals surface area contributed by atoms with Crippen LogP contribution in [0.4, 0.5) is 0 Å². The lowest BCUT2D eigenvalue weighted by Gasteiger charge is -2.05. The van der Waals surface area contributed by atoms with E-state index in [0.717, 1.165) is 10.9 Å². The fourth-order valence-electron chi connectivity index (χ4n) is 2.30. The Balaban J connectivity index is 1.64. The van der Waals surface area contributed by atoms with Gasteiger partial charge < -0.3 is 9.84 Å². The average molecular weight is 280 g/mol. The van der Waals surface area contributed by atoms with Gasteiger partial charge in [-0.1, -0.05) is 47.1 Å². The molecule has 0 aliphatic carbocycles. The maximum atomic E-state index is 12.0. The highest BCUT2D eigenvalue weighted by atomic mass is 16.5. The minimum atomic E-state index is -0.0597. The van der Waals surface area contributed by atoms with Crippen LogP contribution in [0.1, 0.15) is 16.8 Å². The average Bonchev–Trinajstić information content (AvgIpc) is 2.89. The van der Waals surface area contributed by atoms with Gasteiger partial charge in [0, 0.05) is 11.9 Å². The highest BCUT2D eigenvalue weighted by molar-refractivity contribution is 5.86. The van der Waals surface area contributed by atoms with E-state index in [1.54, 1.807) is 0 Å². The Bertz CT molecular complexity index is 777. The fraction of sp³-hybridized carbons (Fsp3) is 0.176. The summed E-state index contributed by atoms with van der Waals surface area (Å²) in [5, 5.41) is 7.77. The van der Waals surface area contributed by atoms with E-state index in [4.69, 9.17) is 4.52 Å². The normalized spacial score (nSPS) is 10.7. The topological polar surface area (TPSA) is 55.1 Å². The molecule has 0 unspecified atom stereocenters. The number of nitrogens with one attached hydrogen (secondary N) is 1. The van der Waals surface area contributed by atoms with Crippen LogP contribution in [0.3, 0.4) is 0 Å². The molecule has 3 rings (SSSR count). The van der Waals surface area contributed by atoms with Crippen LogP contribution in [0.25, 0.3) is 11.0 Å². The summed E-state index contributed by atoms with van der Waals surface area (Å²) in [5.74, 6) is -0.0597. The van der Waals surface area contributed by atoms with E-state index in [1.165, 1.54) is 5.56 Å². The van der Waals surface area contributed by atoms with Gasteiger partial charge in [-0.15, -0.1) is 0 Å². The van der Waals surface area contributed by atoms with E-state index in [-0.39, 0.29) is 12.3 Å². The first-order valence-electron chi connectivity index (χ1n) is 6.88. The second-order valence-electron chi connectivity index (χ2n) is 5.07. The van der Waals surface area contributed by atoms with Crippen LogP contribution in [0.5, 0.6) is 0 Å². The Kier molecular flexibility index (Phi) is 3.69. The molecule has 106 valence electrons. The van der Waals surface area contributed by atoms with Gasteiger partial charge in [-0.3, -0.25) is 4.79 Å². The third-order valence-corrected chi connectivity index (χ3v) is 3.35. The van der Waals surface area contributed by atoms with Crippen LogP contribution in [0.15, 0.2) is 53.1 Å². The van der Waals surface area contributed by atoms with Gasteiger partial charge in [0.25, 0.3) is 0 Å². The summed E-state index contributed by atoms with van der Waals surface area (Å²) in [5.41, 5.74) is 3.66. The molecule has 1 heterocycles. The standard InChI is InChI=1S/C17H16N2O2/c1-12-5-4-6-13(9-12)11-18-17(20)10-15-14-7-2-3-8-16(14)21-19-15/h2-9H,10-11H2,1H3,(H,18,20). The molecule has 1 aromatic heterocycles. The summed E-state index contributed by atoms with van der Waals surface area (Å²) in [7, 11) is 0. The molecule has 4 nitrogen and oxygen atoms in total. The zero-order chi connectivity index (χ0) is 14.7. The van der Waals surface area contributed by atoms with Crippen molar-refractivity contribution in [3.8, 4) is 0 Å². The Hall–Kier alpha value is -2.62. The molecule has 0 aliphatic rings. The Morgan fingerprint density at radius 3 is 2.90 bits per heavy atom. The van der Waals surface area contributed by atoms with Crippen molar-refractivity contribution < 1.29 is 9.32 Å². The molecule has 0 saturated carbocycles. The van der Waals surface area contributed by atoms with Gasteiger partial charge in [-0.05, 0) is 24.6 Å². The molecular weight excluding hydrogens is 264 g/mol. The van der Waals surface area contributed by atoms with Crippen molar-refractivity contribution in [3.63, 3.8) is 0 Å². The van der Waals surface area contributed by atoms with Crippen molar-refractivity contribution in [2.24, 2.45) is 0 Å². The molecule has 0 fully saturated rings. The molecule has 2 aromatic carbocycles. The maximum absolute atomic E-state index is 12.0. The molecule has 0 aliphatic heterocycles. The van der Waals surface area contributed by atoms with E-state index in [2.05, 4.69) is 16.5 Å². The minimum absolute atomic E-state index is 0.0597. The number of para-hydroxylation sites is 1. The van der Waals surface area contributed by atoms with Gasteiger partial charge in [0.15, 0.2) is 5.58 Å². The predicted molar refractivity (Wildman–Crippen MR) is 80.7 cm³/mol. The van der Waals surface area contributed by atoms with Gasteiger partial charge >= 0.3 is 0 Å². The molecule has 1 amide bonds. The van der Waals surface area contributed by atoms with Crippen molar-refractivity contribution in [2.75, 3.05) is 0 Å². The molecule has 0 radical (unpaired) electrons. The van der Waals surface area contributed by atoms with Crippen LogP contribution in [0.2, 0.25) is 0 Å². The van der Waals surface area contributed by atoms with E-state index in [0.29, 0.717) is 17.8 Å². The minimum Gasteiger partial charge on any atom is -0.356 e. The maximum Gasteiger partial charge on any atom is 0.226 e. The highest BCUT2D eigenvalue weighted by Crippen LogP contribution is 2.18. The van der Waals surface area contributed by atoms with Crippen LogP contribution in [-0.4, -0.2) is 11.1 Å². The number of amides is 1. The summed E-state index contributed by atoms with van der Waals surface area (Å²) < 4.78 is 5.20. The van der Waals surface area contributed by atoms with Crippen molar-refractivity contribution in [1.82, 2.24) is 10.5 Å². The molecule has 3 aromatic rings. The molecule has 0 spiro atoms. The van der Waals surface area contributed by atoms with Crippen LogP contribution >= 0.6 is 0 Å². The molecule has 0 saturated heterocycles. The van der Waals surface area contributed by atoms with Gasteiger partial charge in [0.1, 0.15) is 5.69 Å². The molecule has 0 atom stereocenters. The Morgan fingerprint density at radius 1 is 1.19 bits per heavy atom. The number of rotatable bonds is 4. The quantitative estimate of drug-likeness (QED) is 0.799. The van der Waals surface area contributed by atoms with E-state index in [1.807, 2.05) is 49.4 Å². The number of hydrogen-bond acceptors (Lipinski definition) is 3. The number of aromatic nitrogens is 1. The lowest BCUT2D eigenvalue weighted by molar-refractivity contribution is -0.120. The van der Waals surface area contributed by atoms with Crippen molar-refractivity contribution in [1.29, 1.82) is 0 Å². The van der Waals surface area contributed by atoms with Crippen LogP contribution in [-0.2, 0) is 17.8 Å². The van der Waals surface area contributed by atoms with Crippen molar-refractivity contribution in [3.05, 3.63) is 65.4 Å². The second-order valence-corrected chi connectivity index (χ2v) is 5.07. The summed E-state index contributed by atoms with van der Waals surface area (Å²) in [6.45, 7) is 2.56. The fourth-order valence-corrected chi connectivity index (χ4v) is 2.30. The summed E-state index contributed by atoms with van der Waals surface area (Å²) >= 11 is 0. The van der Waals surface area contributed by atoms with Gasteiger partial charge in [0.05, 0.1) is 6.42 Å². The first-order valence-corrected chi connectivity index (χ1v) is 6.88. The van der Waals surface area contributed by atoms with E-state index >= 15 is 0 Å². The van der Waals surface area contributed by atoms with Gasteiger partial charge in [-0.2, -0.15) is 0 Å². The Labute approximate surface area is 122 Å². The first-order chi connectivity index (χ1) is 10.2. The van der Waals surface area contributed by atoms with Gasteiger partial charge in [-0.25, -0.2) is 0 Å². The molecule has 21 heavy (non-hydrogen) atoms. The molecule has 4 heteroatoms. The summed E-state index contributed by atoms with van der Waals surface area (Å²) in [4.78, 5) is 12.0. The largest absolute Gasteiger partial charge is 0.356 e. The van der Waals surface area contributed by atoms with E-state index in [9.17, 15) is 4.79 Å². The van der Waals surface area contributed by atoms with E-state index < -0.39 is 0 Å².